The van der Waals surface area contributed by atoms with Crippen LogP contribution in [0.4, 0.5) is 10.1 Å². The third-order valence-electron chi connectivity index (χ3n) is 5.33. The molecular weight excluding hydrogens is 341 g/mol. The zero-order valence-electron chi connectivity index (χ0n) is 15.3. The van der Waals surface area contributed by atoms with E-state index in [9.17, 15) is 9.18 Å². The molecule has 0 radical (unpaired) electrons. The van der Waals surface area contributed by atoms with E-state index in [1.807, 2.05) is 12.1 Å². The number of nitrogens with zero attached hydrogens (tertiary/aromatic N) is 2. The lowest BCUT2D eigenvalue weighted by Crippen LogP contribution is -2.29. The Morgan fingerprint density at radius 3 is 2.59 bits per heavy atom. The van der Waals surface area contributed by atoms with Gasteiger partial charge in [0.2, 0.25) is 0 Å². The number of hydrogen-bond acceptors (Lipinski definition) is 3. The molecule has 5 heteroatoms. The third-order valence-corrected chi connectivity index (χ3v) is 5.33. The van der Waals surface area contributed by atoms with Crippen molar-refractivity contribution < 1.29 is 9.18 Å². The molecule has 0 aliphatic carbocycles. The Bertz CT molecular complexity index is 963. The van der Waals surface area contributed by atoms with Crippen LogP contribution < -0.4 is 5.32 Å². The second kappa shape index (κ2) is 7.45. The molecule has 1 saturated heterocycles. The number of fused-ring (bicyclic) bond motifs is 1. The first-order valence-corrected chi connectivity index (χ1v) is 9.25. The van der Waals surface area contributed by atoms with Crippen LogP contribution in [0.5, 0.6) is 0 Å². The molecule has 138 valence electrons. The van der Waals surface area contributed by atoms with Crippen molar-refractivity contribution in [3.8, 4) is 0 Å². The van der Waals surface area contributed by atoms with E-state index in [4.69, 9.17) is 0 Å². The second-order valence-electron chi connectivity index (χ2n) is 7.15. The molecular formula is C22H22FN3O. The van der Waals surface area contributed by atoms with E-state index < -0.39 is 5.82 Å². The molecule has 27 heavy (non-hydrogen) atoms. The van der Waals surface area contributed by atoms with Gasteiger partial charge in [-0.3, -0.25) is 9.78 Å². The van der Waals surface area contributed by atoms with Crippen molar-refractivity contribution in [2.24, 2.45) is 0 Å². The summed E-state index contributed by atoms with van der Waals surface area (Å²) in [6.45, 7) is 2.22. The van der Waals surface area contributed by atoms with E-state index in [2.05, 4.69) is 34.4 Å². The maximum Gasteiger partial charge on any atom is 0.255 e. The zero-order valence-corrected chi connectivity index (χ0v) is 15.3. The first-order valence-electron chi connectivity index (χ1n) is 9.25. The molecule has 1 amide bonds. The number of likely N-dealkylation sites (tertiary alicyclic amines) is 1. The number of piperidine rings is 1. The van der Waals surface area contributed by atoms with Gasteiger partial charge in [-0.25, -0.2) is 4.39 Å². The molecule has 0 spiro atoms. The Morgan fingerprint density at radius 2 is 1.85 bits per heavy atom. The van der Waals surface area contributed by atoms with E-state index in [1.54, 1.807) is 24.4 Å². The molecule has 2 aromatic carbocycles. The number of rotatable bonds is 3. The Kier molecular flexibility index (Phi) is 4.86. The molecule has 1 fully saturated rings. The van der Waals surface area contributed by atoms with Crippen molar-refractivity contribution in [2.45, 2.75) is 18.8 Å². The summed E-state index contributed by atoms with van der Waals surface area (Å²) in [5.41, 5.74) is 2.70. The van der Waals surface area contributed by atoms with Crippen LogP contribution in [-0.4, -0.2) is 35.9 Å². The third kappa shape index (κ3) is 3.69. The Hall–Kier alpha value is -2.79. The maximum absolute atomic E-state index is 13.9. The number of amides is 1. The summed E-state index contributed by atoms with van der Waals surface area (Å²) in [6, 6.07) is 14.2. The fraction of sp³-hybridized carbons (Fsp3) is 0.273. The number of carbonyl (C=O) groups excluding carboxylic acids is 1. The Labute approximate surface area is 158 Å². The number of anilines is 1. The fourth-order valence-corrected chi connectivity index (χ4v) is 3.69. The van der Waals surface area contributed by atoms with Crippen LogP contribution in [0, 0.1) is 5.82 Å². The Morgan fingerprint density at radius 1 is 1.11 bits per heavy atom. The minimum Gasteiger partial charge on any atom is -0.321 e. The van der Waals surface area contributed by atoms with Crippen molar-refractivity contribution in [2.75, 3.05) is 25.5 Å². The number of halogens is 1. The summed E-state index contributed by atoms with van der Waals surface area (Å²) >= 11 is 0. The molecule has 4 rings (SSSR count). The van der Waals surface area contributed by atoms with E-state index in [0.29, 0.717) is 22.6 Å². The van der Waals surface area contributed by atoms with Crippen LogP contribution in [0.15, 0.2) is 54.7 Å². The van der Waals surface area contributed by atoms with Gasteiger partial charge in [0.25, 0.3) is 5.91 Å². The Balaban J connectivity index is 1.51. The first-order chi connectivity index (χ1) is 13.1. The SMILES string of the molecule is CN1CCC(c2ccc(C(=O)Nc3ccc(F)c4ncccc34)cc2)CC1. The van der Waals surface area contributed by atoms with E-state index in [-0.39, 0.29) is 11.4 Å². The topological polar surface area (TPSA) is 45.2 Å². The lowest BCUT2D eigenvalue weighted by atomic mass is 9.89. The van der Waals surface area contributed by atoms with Gasteiger partial charge >= 0.3 is 0 Å². The number of pyridine rings is 1. The summed E-state index contributed by atoms with van der Waals surface area (Å²) < 4.78 is 13.9. The van der Waals surface area contributed by atoms with Crippen LogP contribution in [0.25, 0.3) is 10.9 Å². The zero-order chi connectivity index (χ0) is 18.8. The molecule has 1 aliphatic rings. The largest absolute Gasteiger partial charge is 0.321 e. The van der Waals surface area contributed by atoms with Gasteiger partial charge in [0, 0.05) is 17.1 Å². The van der Waals surface area contributed by atoms with Gasteiger partial charge in [0.1, 0.15) is 11.3 Å². The summed E-state index contributed by atoms with van der Waals surface area (Å²) in [7, 11) is 2.15. The summed E-state index contributed by atoms with van der Waals surface area (Å²) in [5, 5.41) is 3.47. The van der Waals surface area contributed by atoms with Crippen molar-refractivity contribution in [3.63, 3.8) is 0 Å². The smallest absolute Gasteiger partial charge is 0.255 e. The van der Waals surface area contributed by atoms with Gasteiger partial charge in [-0.1, -0.05) is 12.1 Å². The van der Waals surface area contributed by atoms with Gasteiger partial charge in [0.05, 0.1) is 5.69 Å². The monoisotopic (exact) mass is 363 g/mol. The number of hydrogen-bond donors (Lipinski definition) is 1. The molecule has 3 aromatic rings. The van der Waals surface area contributed by atoms with Crippen molar-refractivity contribution in [1.82, 2.24) is 9.88 Å². The average molecular weight is 363 g/mol. The quantitative estimate of drug-likeness (QED) is 0.748. The summed E-state index contributed by atoms with van der Waals surface area (Å²) in [5.74, 6) is -0.0433. The van der Waals surface area contributed by atoms with Gasteiger partial charge in [-0.2, -0.15) is 0 Å². The highest BCUT2D eigenvalue weighted by atomic mass is 19.1. The molecule has 0 bridgehead atoms. The van der Waals surface area contributed by atoms with E-state index in [0.717, 1.165) is 25.9 Å². The van der Waals surface area contributed by atoms with Crippen LogP contribution in [-0.2, 0) is 0 Å². The lowest BCUT2D eigenvalue weighted by Gasteiger charge is -2.29. The minimum absolute atomic E-state index is 0.207. The average Bonchev–Trinajstić information content (AvgIpc) is 2.71. The van der Waals surface area contributed by atoms with E-state index in [1.165, 1.54) is 11.6 Å². The van der Waals surface area contributed by atoms with Gasteiger partial charge in [-0.15, -0.1) is 0 Å². The van der Waals surface area contributed by atoms with Crippen LogP contribution >= 0.6 is 0 Å². The molecule has 2 heterocycles. The first kappa shape index (κ1) is 17.6. The predicted octanol–water partition coefficient (Wildman–Crippen LogP) is 4.44. The highest BCUT2D eigenvalue weighted by Crippen LogP contribution is 2.28. The summed E-state index contributed by atoms with van der Waals surface area (Å²) in [4.78, 5) is 19.0. The molecule has 1 N–H and O–H groups in total. The predicted molar refractivity (Wildman–Crippen MR) is 106 cm³/mol. The van der Waals surface area contributed by atoms with Crippen LogP contribution in [0.2, 0.25) is 0 Å². The fourth-order valence-electron chi connectivity index (χ4n) is 3.69. The molecule has 0 unspecified atom stereocenters. The molecule has 0 atom stereocenters. The van der Waals surface area contributed by atoms with Crippen molar-refractivity contribution in [3.05, 3.63) is 71.7 Å². The number of aromatic nitrogens is 1. The number of carbonyl (C=O) groups is 1. The normalized spacial score (nSPS) is 15.8. The second-order valence-corrected chi connectivity index (χ2v) is 7.15. The standard InChI is InChI=1S/C22H22FN3O/c1-26-13-10-16(11-14-26)15-4-6-17(7-5-15)22(27)25-20-9-8-19(23)21-18(20)3-2-12-24-21/h2-9,12,16H,10-11,13-14H2,1H3,(H,25,27). The van der Waals surface area contributed by atoms with Crippen LogP contribution in [0.1, 0.15) is 34.7 Å². The van der Waals surface area contributed by atoms with Gasteiger partial charge in [0.15, 0.2) is 0 Å². The van der Waals surface area contributed by atoms with Crippen molar-refractivity contribution in [1.29, 1.82) is 0 Å². The summed E-state index contributed by atoms with van der Waals surface area (Å²) in [6.07, 6.45) is 3.84. The minimum atomic E-state index is -0.397. The maximum atomic E-state index is 13.9. The van der Waals surface area contributed by atoms with Gasteiger partial charge in [-0.05, 0) is 80.9 Å². The van der Waals surface area contributed by atoms with Gasteiger partial charge < -0.3 is 10.2 Å². The number of benzene rings is 2. The highest BCUT2D eigenvalue weighted by molar-refractivity contribution is 6.08. The molecule has 0 saturated carbocycles. The van der Waals surface area contributed by atoms with Crippen LogP contribution in [0.3, 0.4) is 0 Å². The van der Waals surface area contributed by atoms with E-state index >= 15 is 0 Å². The highest BCUT2D eigenvalue weighted by Gasteiger charge is 2.18. The van der Waals surface area contributed by atoms with Crippen molar-refractivity contribution >= 4 is 22.5 Å². The molecule has 1 aromatic heterocycles. The molecule has 1 aliphatic heterocycles. The lowest BCUT2D eigenvalue weighted by molar-refractivity contribution is 0.102. The molecule has 4 nitrogen and oxygen atoms in total. The number of nitrogens with one attached hydrogen (secondary N) is 1.